The van der Waals surface area contributed by atoms with Gasteiger partial charge in [-0.1, -0.05) is 0 Å². The van der Waals surface area contributed by atoms with Crippen molar-refractivity contribution in [3.8, 4) is 0 Å². The fourth-order valence-corrected chi connectivity index (χ4v) is 1.96. The molecule has 1 aliphatic heterocycles. The van der Waals surface area contributed by atoms with Crippen molar-refractivity contribution in [2.45, 2.75) is 43.7 Å². The molecule has 1 aliphatic carbocycles. The minimum absolute atomic E-state index is 0.186. The van der Waals surface area contributed by atoms with E-state index >= 15 is 0 Å². The van der Waals surface area contributed by atoms with E-state index in [-0.39, 0.29) is 5.91 Å². The third-order valence-corrected chi connectivity index (χ3v) is 3.22. The number of amides is 1. The molecule has 0 spiro atoms. The number of nitrogens with one attached hydrogen (secondary N) is 2. The van der Waals surface area contributed by atoms with Crippen LogP contribution < -0.4 is 10.6 Å². The maximum absolute atomic E-state index is 11.7. The van der Waals surface area contributed by atoms with Gasteiger partial charge in [0, 0.05) is 12.6 Å². The molecular formula is C10H18N2O2. The van der Waals surface area contributed by atoms with Crippen LogP contribution in [0.5, 0.6) is 0 Å². The molecule has 2 fully saturated rings. The van der Waals surface area contributed by atoms with Crippen molar-refractivity contribution >= 4 is 5.91 Å². The van der Waals surface area contributed by atoms with Crippen LogP contribution in [-0.2, 0) is 4.79 Å². The van der Waals surface area contributed by atoms with Crippen molar-refractivity contribution in [2.75, 3.05) is 13.1 Å². The summed E-state index contributed by atoms with van der Waals surface area (Å²) in [7, 11) is 0. The van der Waals surface area contributed by atoms with E-state index in [0.29, 0.717) is 19.0 Å². The average Bonchev–Trinajstić information content (AvgIpc) is 2.12. The number of rotatable bonds is 2. The second-order valence-electron chi connectivity index (χ2n) is 4.41. The van der Waals surface area contributed by atoms with Gasteiger partial charge in [-0.25, -0.2) is 0 Å². The molecule has 3 N–H and O–H groups in total. The Balaban J connectivity index is 1.87. The standard InChI is InChI=1S/C10H18N2O2/c13-9(12-8-3-1-4-8)10(14)5-2-6-11-7-10/h8,11,14H,1-7H2,(H,12,13). The van der Waals surface area contributed by atoms with E-state index < -0.39 is 5.60 Å². The molecule has 1 heterocycles. The summed E-state index contributed by atoms with van der Waals surface area (Å²) in [5, 5.41) is 16.0. The maximum atomic E-state index is 11.7. The lowest BCUT2D eigenvalue weighted by Gasteiger charge is -2.35. The van der Waals surface area contributed by atoms with Crippen LogP contribution in [0.2, 0.25) is 0 Å². The Bertz CT molecular complexity index is 220. The average molecular weight is 198 g/mol. The number of hydrogen-bond acceptors (Lipinski definition) is 3. The van der Waals surface area contributed by atoms with Gasteiger partial charge >= 0.3 is 0 Å². The van der Waals surface area contributed by atoms with Crippen molar-refractivity contribution in [2.24, 2.45) is 0 Å². The van der Waals surface area contributed by atoms with E-state index in [0.717, 1.165) is 25.8 Å². The van der Waals surface area contributed by atoms with Gasteiger partial charge in [-0.15, -0.1) is 0 Å². The summed E-state index contributed by atoms with van der Waals surface area (Å²) in [6, 6.07) is 0.313. The molecule has 2 aliphatic rings. The number of carbonyl (C=O) groups is 1. The number of carbonyl (C=O) groups excluding carboxylic acids is 1. The van der Waals surface area contributed by atoms with Gasteiger partial charge in [-0.3, -0.25) is 4.79 Å². The molecular weight excluding hydrogens is 180 g/mol. The van der Waals surface area contributed by atoms with E-state index in [9.17, 15) is 9.90 Å². The fraction of sp³-hybridized carbons (Fsp3) is 0.900. The van der Waals surface area contributed by atoms with E-state index in [1.165, 1.54) is 6.42 Å². The monoisotopic (exact) mass is 198 g/mol. The zero-order valence-corrected chi connectivity index (χ0v) is 8.38. The SMILES string of the molecule is O=C(NC1CCC1)C1(O)CCCNC1. The topological polar surface area (TPSA) is 61.4 Å². The summed E-state index contributed by atoms with van der Waals surface area (Å²) in [5.41, 5.74) is -1.16. The summed E-state index contributed by atoms with van der Waals surface area (Å²) < 4.78 is 0. The lowest BCUT2D eigenvalue weighted by molar-refractivity contribution is -0.142. The first-order valence-corrected chi connectivity index (χ1v) is 5.45. The van der Waals surface area contributed by atoms with Crippen molar-refractivity contribution in [3.05, 3.63) is 0 Å². The van der Waals surface area contributed by atoms with Crippen LogP contribution in [0.25, 0.3) is 0 Å². The van der Waals surface area contributed by atoms with Gasteiger partial charge in [0.15, 0.2) is 5.60 Å². The Hall–Kier alpha value is -0.610. The van der Waals surface area contributed by atoms with Crippen LogP contribution in [0.3, 0.4) is 0 Å². The minimum atomic E-state index is -1.16. The lowest BCUT2D eigenvalue weighted by Crippen LogP contribution is -2.58. The number of β-amino-alcohol motifs (C(OH)–C–C–N with tert-alkyl or cyclic N) is 1. The van der Waals surface area contributed by atoms with E-state index in [1.54, 1.807) is 0 Å². The third kappa shape index (κ3) is 1.91. The van der Waals surface area contributed by atoms with Crippen molar-refractivity contribution in [3.63, 3.8) is 0 Å². The molecule has 80 valence electrons. The number of aliphatic hydroxyl groups is 1. The van der Waals surface area contributed by atoms with E-state index in [4.69, 9.17) is 0 Å². The maximum Gasteiger partial charge on any atom is 0.253 e. The Morgan fingerprint density at radius 1 is 1.43 bits per heavy atom. The third-order valence-electron chi connectivity index (χ3n) is 3.22. The summed E-state index contributed by atoms with van der Waals surface area (Å²) in [6.07, 6.45) is 4.78. The highest BCUT2D eigenvalue weighted by Crippen LogP contribution is 2.21. The largest absolute Gasteiger partial charge is 0.379 e. The summed E-state index contributed by atoms with van der Waals surface area (Å²) in [6.45, 7) is 1.30. The number of piperidine rings is 1. The van der Waals surface area contributed by atoms with Gasteiger partial charge in [-0.2, -0.15) is 0 Å². The highest BCUT2D eigenvalue weighted by Gasteiger charge is 2.38. The van der Waals surface area contributed by atoms with Crippen LogP contribution in [-0.4, -0.2) is 35.7 Å². The Morgan fingerprint density at radius 2 is 2.21 bits per heavy atom. The molecule has 1 atom stereocenters. The summed E-state index contributed by atoms with van der Waals surface area (Å²) >= 11 is 0. The van der Waals surface area contributed by atoms with Gasteiger partial charge in [0.2, 0.25) is 0 Å². The molecule has 2 rings (SSSR count). The van der Waals surface area contributed by atoms with Crippen LogP contribution in [0.1, 0.15) is 32.1 Å². The molecule has 0 radical (unpaired) electrons. The predicted octanol–water partition coefficient (Wildman–Crippen LogP) is -0.230. The van der Waals surface area contributed by atoms with Crippen molar-refractivity contribution in [1.29, 1.82) is 0 Å². The Morgan fingerprint density at radius 3 is 2.71 bits per heavy atom. The van der Waals surface area contributed by atoms with E-state index in [2.05, 4.69) is 10.6 Å². The first kappa shape index (κ1) is 9.93. The molecule has 14 heavy (non-hydrogen) atoms. The van der Waals surface area contributed by atoms with Crippen molar-refractivity contribution in [1.82, 2.24) is 10.6 Å². The molecule has 4 nitrogen and oxygen atoms in total. The van der Waals surface area contributed by atoms with Crippen LogP contribution in [0.15, 0.2) is 0 Å². The highest BCUT2D eigenvalue weighted by atomic mass is 16.3. The quantitative estimate of drug-likeness (QED) is 0.574. The molecule has 1 amide bonds. The minimum Gasteiger partial charge on any atom is -0.379 e. The molecule has 0 bridgehead atoms. The Labute approximate surface area is 84.1 Å². The van der Waals surface area contributed by atoms with E-state index in [1.807, 2.05) is 0 Å². The summed E-state index contributed by atoms with van der Waals surface area (Å²) in [5.74, 6) is -0.186. The smallest absolute Gasteiger partial charge is 0.253 e. The fourth-order valence-electron chi connectivity index (χ4n) is 1.96. The normalized spacial score (nSPS) is 33.5. The zero-order valence-electron chi connectivity index (χ0n) is 8.38. The first-order valence-electron chi connectivity index (χ1n) is 5.45. The first-order chi connectivity index (χ1) is 6.71. The molecule has 4 heteroatoms. The lowest BCUT2D eigenvalue weighted by atomic mass is 9.89. The molecule has 1 saturated carbocycles. The van der Waals surface area contributed by atoms with Gasteiger partial charge < -0.3 is 15.7 Å². The van der Waals surface area contributed by atoms with Gasteiger partial charge in [0.05, 0.1) is 0 Å². The van der Waals surface area contributed by atoms with Crippen LogP contribution >= 0.6 is 0 Å². The number of hydrogen-bond donors (Lipinski definition) is 3. The van der Waals surface area contributed by atoms with Crippen LogP contribution in [0, 0.1) is 0 Å². The van der Waals surface area contributed by atoms with Gasteiger partial charge in [0.1, 0.15) is 0 Å². The zero-order chi connectivity index (χ0) is 10.0. The molecule has 1 unspecified atom stereocenters. The highest BCUT2D eigenvalue weighted by molar-refractivity contribution is 5.85. The molecule has 0 aromatic carbocycles. The van der Waals surface area contributed by atoms with Crippen LogP contribution in [0.4, 0.5) is 0 Å². The van der Waals surface area contributed by atoms with Gasteiger partial charge in [-0.05, 0) is 38.6 Å². The molecule has 1 saturated heterocycles. The molecule has 0 aromatic heterocycles. The van der Waals surface area contributed by atoms with Crippen molar-refractivity contribution < 1.29 is 9.90 Å². The summed E-state index contributed by atoms with van der Waals surface area (Å²) in [4.78, 5) is 11.7. The molecule has 0 aromatic rings. The predicted molar refractivity (Wildman–Crippen MR) is 52.8 cm³/mol. The second-order valence-corrected chi connectivity index (χ2v) is 4.41. The Kier molecular flexibility index (Phi) is 2.74. The van der Waals surface area contributed by atoms with Gasteiger partial charge in [0.25, 0.3) is 5.91 Å². The second kappa shape index (κ2) is 3.87.